The molecule has 1 fully saturated rings. The molecule has 2 aliphatic rings. The number of carbonyl (C=O) groups excluding carboxylic acids is 3. The molecule has 0 bridgehead atoms. The van der Waals surface area contributed by atoms with Gasteiger partial charge in [0.15, 0.2) is 0 Å². The van der Waals surface area contributed by atoms with Crippen molar-refractivity contribution in [3.8, 4) is 5.75 Å². The highest BCUT2D eigenvalue weighted by Crippen LogP contribution is 2.46. The first-order valence-electron chi connectivity index (χ1n) is 11.2. The molecule has 0 unspecified atom stereocenters. The van der Waals surface area contributed by atoms with E-state index in [-0.39, 0.29) is 12.2 Å². The molecule has 4 atom stereocenters. The molecule has 1 aromatic carbocycles. The molecule has 178 valence electrons. The van der Waals surface area contributed by atoms with Crippen molar-refractivity contribution < 1.29 is 34.4 Å². The van der Waals surface area contributed by atoms with Crippen LogP contribution in [0.3, 0.4) is 0 Å². The second kappa shape index (κ2) is 10.3. The number of phenolic OH excluding ortho intramolecular Hbond substituents is 1. The van der Waals surface area contributed by atoms with Crippen LogP contribution in [0.4, 0.5) is 4.79 Å². The molecule has 0 radical (unpaired) electrons. The Bertz CT molecular complexity index is 979. The van der Waals surface area contributed by atoms with Crippen LogP contribution in [0.25, 0.3) is 6.08 Å². The van der Waals surface area contributed by atoms with Gasteiger partial charge in [-0.15, -0.1) is 0 Å². The number of fused-ring (bicyclic) bond motifs is 1. The Morgan fingerprint density at radius 2 is 1.91 bits per heavy atom. The van der Waals surface area contributed by atoms with Crippen molar-refractivity contribution in [2.24, 2.45) is 17.8 Å². The molecule has 3 N–H and O–H groups in total. The molecule has 8 heteroatoms. The Kier molecular flexibility index (Phi) is 7.71. The fourth-order valence-electron chi connectivity index (χ4n) is 5.02. The van der Waals surface area contributed by atoms with E-state index < -0.39 is 48.4 Å². The maximum absolute atomic E-state index is 12.9. The molecular formula is C25H31NO7. The van der Waals surface area contributed by atoms with E-state index in [1.54, 1.807) is 19.1 Å². The van der Waals surface area contributed by atoms with Crippen LogP contribution < -0.4 is 0 Å². The van der Waals surface area contributed by atoms with Crippen molar-refractivity contribution >= 4 is 24.0 Å². The van der Waals surface area contributed by atoms with Gasteiger partial charge in [0, 0.05) is 5.92 Å². The largest absolute Gasteiger partial charge is 0.508 e. The summed E-state index contributed by atoms with van der Waals surface area (Å²) in [4.78, 5) is 38.1. The highest BCUT2D eigenvalue weighted by atomic mass is 16.5. The molecule has 1 aliphatic carbocycles. The molecule has 3 amide bonds. The molecule has 1 aromatic rings. The van der Waals surface area contributed by atoms with Crippen molar-refractivity contribution in [3.05, 3.63) is 46.5 Å². The summed E-state index contributed by atoms with van der Waals surface area (Å²) in [5.74, 6) is -3.49. The van der Waals surface area contributed by atoms with Gasteiger partial charge in [-0.05, 0) is 55.9 Å². The monoisotopic (exact) mass is 457 g/mol. The van der Waals surface area contributed by atoms with Crippen molar-refractivity contribution in [1.29, 1.82) is 0 Å². The molecule has 3 rings (SSSR count). The average Bonchev–Trinajstić information content (AvgIpc) is 3.05. The number of allylic oxidation sites excluding steroid dienone is 2. The fourth-order valence-corrected chi connectivity index (χ4v) is 5.02. The number of nitrogens with zero attached hydrogens (tertiary/aromatic N) is 1. The normalized spacial score (nSPS) is 24.2. The number of amides is 3. The molecule has 8 nitrogen and oxygen atoms in total. The Morgan fingerprint density at radius 3 is 2.48 bits per heavy atom. The number of benzene rings is 1. The lowest BCUT2D eigenvalue weighted by Crippen LogP contribution is -2.39. The van der Waals surface area contributed by atoms with Crippen molar-refractivity contribution in [3.63, 3.8) is 0 Å². The Morgan fingerprint density at radius 1 is 1.24 bits per heavy atom. The number of aliphatic hydroxyl groups excluding tert-OH is 2. The lowest BCUT2D eigenvalue weighted by atomic mass is 9.68. The average molecular weight is 458 g/mol. The minimum absolute atomic E-state index is 0.194. The number of hydrogen-bond acceptors (Lipinski definition) is 7. The van der Waals surface area contributed by atoms with E-state index in [1.165, 1.54) is 0 Å². The number of rotatable bonds is 7. The minimum atomic E-state index is -1.03. The predicted octanol–water partition coefficient (Wildman–Crippen LogP) is 3.02. The summed E-state index contributed by atoms with van der Waals surface area (Å²) < 4.78 is 4.58. The quantitative estimate of drug-likeness (QED) is 0.425. The van der Waals surface area contributed by atoms with Gasteiger partial charge in [0.25, 0.3) is 0 Å². The maximum Gasteiger partial charge on any atom is 0.423 e. The zero-order valence-corrected chi connectivity index (χ0v) is 19.2. The standard InChI is InChI=1S/C25H31NO7/c1-4-15(12-16-5-8-17(28)9-6-16)7-10-20(29)21-14(2)11-18-22(19(21)13-27)24(31)26(23(18)30)25(32)33-3/h5-6,8-9,12,18-20,22,27-29H,4,7,10-11,13H2,1-3H3/b15-12+/t18-,19+,20-,22-/m1/s1. The highest BCUT2D eigenvalue weighted by molar-refractivity contribution is 6.15. The summed E-state index contributed by atoms with van der Waals surface area (Å²) in [7, 11) is 1.10. The van der Waals surface area contributed by atoms with E-state index in [4.69, 9.17) is 0 Å². The van der Waals surface area contributed by atoms with Crippen LogP contribution in [0.2, 0.25) is 0 Å². The Balaban J connectivity index is 1.79. The predicted molar refractivity (Wildman–Crippen MR) is 121 cm³/mol. The topological polar surface area (TPSA) is 124 Å². The molecule has 33 heavy (non-hydrogen) atoms. The third-order valence-electron chi connectivity index (χ3n) is 6.70. The number of imide groups is 3. The lowest BCUT2D eigenvalue weighted by Gasteiger charge is -2.35. The molecule has 1 saturated heterocycles. The molecule has 0 spiro atoms. The summed E-state index contributed by atoms with van der Waals surface area (Å²) >= 11 is 0. The van der Waals surface area contributed by atoms with Gasteiger partial charge >= 0.3 is 6.09 Å². The van der Waals surface area contributed by atoms with Crippen LogP contribution in [0.5, 0.6) is 5.75 Å². The zero-order chi connectivity index (χ0) is 24.3. The van der Waals surface area contributed by atoms with Crippen LogP contribution in [0, 0.1) is 17.8 Å². The molecule has 0 saturated carbocycles. The Labute approximate surface area is 193 Å². The minimum Gasteiger partial charge on any atom is -0.508 e. The molecular weight excluding hydrogens is 426 g/mol. The van der Waals surface area contributed by atoms with E-state index in [0.29, 0.717) is 23.3 Å². The second-order valence-corrected chi connectivity index (χ2v) is 8.65. The van der Waals surface area contributed by atoms with Crippen LogP contribution in [-0.4, -0.2) is 57.9 Å². The third kappa shape index (κ3) is 4.86. The summed E-state index contributed by atoms with van der Waals surface area (Å²) in [6, 6.07) is 6.85. The van der Waals surface area contributed by atoms with Crippen LogP contribution >= 0.6 is 0 Å². The van der Waals surface area contributed by atoms with Crippen molar-refractivity contribution in [1.82, 2.24) is 4.90 Å². The van der Waals surface area contributed by atoms with E-state index in [2.05, 4.69) is 4.74 Å². The van der Waals surface area contributed by atoms with E-state index in [0.717, 1.165) is 30.2 Å². The maximum atomic E-state index is 12.9. The smallest absolute Gasteiger partial charge is 0.423 e. The van der Waals surface area contributed by atoms with Gasteiger partial charge in [-0.3, -0.25) is 9.59 Å². The van der Waals surface area contributed by atoms with E-state index in [9.17, 15) is 29.7 Å². The second-order valence-electron chi connectivity index (χ2n) is 8.65. The van der Waals surface area contributed by atoms with Gasteiger partial charge in [0.2, 0.25) is 11.8 Å². The summed E-state index contributed by atoms with van der Waals surface area (Å²) in [5, 5.41) is 30.6. The van der Waals surface area contributed by atoms with Gasteiger partial charge in [-0.25, -0.2) is 4.79 Å². The van der Waals surface area contributed by atoms with Crippen LogP contribution in [0.1, 0.15) is 45.1 Å². The Hall–Kier alpha value is -2.97. The molecule has 1 aliphatic heterocycles. The number of ether oxygens (including phenoxy) is 1. The first-order valence-corrected chi connectivity index (χ1v) is 11.2. The zero-order valence-electron chi connectivity index (χ0n) is 19.2. The van der Waals surface area contributed by atoms with Gasteiger partial charge in [0.1, 0.15) is 5.75 Å². The first kappa shape index (κ1) is 24.7. The van der Waals surface area contributed by atoms with Gasteiger partial charge in [-0.2, -0.15) is 4.90 Å². The number of hydrogen-bond donors (Lipinski definition) is 3. The molecule has 0 aromatic heterocycles. The SMILES string of the molecule is CC/C(=C\c1ccc(O)cc1)CC[C@@H](O)C1=C(C)C[C@H]2C(=O)N(C(=O)OC)C(=O)[C@H]2[C@H]1CO. The number of aromatic hydroxyl groups is 1. The number of carbonyl (C=O) groups is 3. The third-order valence-corrected chi connectivity index (χ3v) is 6.70. The number of methoxy groups -OCH3 is 1. The van der Waals surface area contributed by atoms with Gasteiger partial charge in [-0.1, -0.05) is 36.3 Å². The first-order chi connectivity index (χ1) is 15.7. The van der Waals surface area contributed by atoms with E-state index >= 15 is 0 Å². The molecule has 1 heterocycles. The van der Waals surface area contributed by atoms with Crippen LogP contribution in [0.15, 0.2) is 41.0 Å². The van der Waals surface area contributed by atoms with Gasteiger partial charge in [0.05, 0.1) is 31.7 Å². The van der Waals surface area contributed by atoms with Crippen LogP contribution in [-0.2, 0) is 14.3 Å². The van der Waals surface area contributed by atoms with Gasteiger partial charge < -0.3 is 20.1 Å². The summed E-state index contributed by atoms with van der Waals surface area (Å²) in [6.45, 7) is 3.40. The fraction of sp³-hybridized carbons (Fsp3) is 0.480. The number of aliphatic hydroxyl groups is 2. The summed E-state index contributed by atoms with van der Waals surface area (Å²) in [6.07, 6.45) is 2.11. The van der Waals surface area contributed by atoms with Crippen molar-refractivity contribution in [2.45, 2.75) is 45.6 Å². The highest BCUT2D eigenvalue weighted by Gasteiger charge is 2.56. The summed E-state index contributed by atoms with van der Waals surface area (Å²) in [5.41, 5.74) is 3.39. The van der Waals surface area contributed by atoms with E-state index in [1.807, 2.05) is 25.1 Å². The number of phenols is 1. The number of likely N-dealkylation sites (tertiary alicyclic amines) is 1. The van der Waals surface area contributed by atoms with Crippen molar-refractivity contribution in [2.75, 3.05) is 13.7 Å². The lowest BCUT2D eigenvalue weighted by molar-refractivity contribution is -0.137.